The lowest BCUT2D eigenvalue weighted by Gasteiger charge is -2.21. The first-order valence-corrected chi connectivity index (χ1v) is 10.3. The number of carbonyl (C=O) groups is 1. The maximum absolute atomic E-state index is 13.4. The first-order valence-electron chi connectivity index (χ1n) is 10.3. The third-order valence-electron chi connectivity index (χ3n) is 5.55. The molecule has 1 aliphatic heterocycles. The van der Waals surface area contributed by atoms with Crippen LogP contribution in [0.3, 0.4) is 0 Å². The second kappa shape index (κ2) is 8.93. The number of nitrogens with zero attached hydrogens (tertiary/aromatic N) is 3. The zero-order chi connectivity index (χ0) is 21.1. The molecule has 0 aliphatic carbocycles. The normalized spacial score (nSPS) is 16.0. The smallest absolute Gasteiger partial charge is 0.238 e. The molecule has 2 heterocycles. The highest BCUT2D eigenvalue weighted by molar-refractivity contribution is 5.93. The van der Waals surface area contributed by atoms with E-state index in [4.69, 9.17) is 4.42 Å². The summed E-state index contributed by atoms with van der Waals surface area (Å²) in [6.45, 7) is 8.37. The minimum atomic E-state index is -0.324. The summed E-state index contributed by atoms with van der Waals surface area (Å²) < 4.78 is 19.1. The Kier molecular flexibility index (Phi) is 6.11. The van der Waals surface area contributed by atoms with Crippen molar-refractivity contribution in [2.24, 2.45) is 0 Å². The minimum absolute atomic E-state index is 0.0156. The number of amides is 1. The Morgan fingerprint density at radius 2 is 1.83 bits per heavy atom. The molecule has 3 aromatic rings. The molecule has 1 aromatic heterocycles. The van der Waals surface area contributed by atoms with Crippen molar-refractivity contribution >= 4 is 22.7 Å². The summed E-state index contributed by atoms with van der Waals surface area (Å²) in [6.07, 6.45) is 0.964. The summed E-state index contributed by atoms with van der Waals surface area (Å²) >= 11 is 0. The van der Waals surface area contributed by atoms with Gasteiger partial charge in [0.05, 0.1) is 13.1 Å². The van der Waals surface area contributed by atoms with E-state index >= 15 is 0 Å². The van der Waals surface area contributed by atoms with E-state index in [0.29, 0.717) is 30.1 Å². The van der Waals surface area contributed by atoms with E-state index in [2.05, 4.69) is 20.1 Å². The minimum Gasteiger partial charge on any atom is -0.439 e. The number of hydrogen-bond donors (Lipinski definition) is 1. The number of para-hydroxylation sites is 1. The molecule has 4 rings (SSSR count). The van der Waals surface area contributed by atoms with E-state index in [9.17, 15) is 9.18 Å². The van der Waals surface area contributed by atoms with Gasteiger partial charge in [0.2, 0.25) is 11.8 Å². The number of benzene rings is 2. The van der Waals surface area contributed by atoms with Crippen LogP contribution in [0.15, 0.2) is 40.8 Å². The van der Waals surface area contributed by atoms with Gasteiger partial charge in [0.25, 0.3) is 0 Å². The number of aromatic nitrogens is 1. The van der Waals surface area contributed by atoms with E-state index in [1.807, 2.05) is 32.0 Å². The number of anilines is 1. The largest absolute Gasteiger partial charge is 0.439 e. The number of hydrogen-bond acceptors (Lipinski definition) is 5. The third kappa shape index (κ3) is 4.86. The van der Waals surface area contributed by atoms with Crippen molar-refractivity contribution in [2.75, 3.05) is 38.0 Å². The monoisotopic (exact) mass is 410 g/mol. The van der Waals surface area contributed by atoms with E-state index < -0.39 is 0 Å². The van der Waals surface area contributed by atoms with Gasteiger partial charge in [-0.05, 0) is 56.6 Å². The first kappa shape index (κ1) is 20.5. The summed E-state index contributed by atoms with van der Waals surface area (Å²) in [5.41, 5.74) is 4.20. The molecule has 2 aromatic carbocycles. The van der Waals surface area contributed by atoms with Crippen molar-refractivity contribution in [1.29, 1.82) is 0 Å². The van der Waals surface area contributed by atoms with Crippen LogP contribution in [-0.4, -0.2) is 53.4 Å². The van der Waals surface area contributed by atoms with Gasteiger partial charge in [-0.2, -0.15) is 0 Å². The van der Waals surface area contributed by atoms with E-state index in [1.165, 1.54) is 12.1 Å². The summed E-state index contributed by atoms with van der Waals surface area (Å²) in [4.78, 5) is 21.5. The molecule has 0 radical (unpaired) electrons. The number of oxazole rings is 1. The van der Waals surface area contributed by atoms with Gasteiger partial charge in [-0.3, -0.25) is 14.6 Å². The Hall–Kier alpha value is -2.77. The number of fused-ring (bicyclic) bond motifs is 1. The number of carbonyl (C=O) groups excluding carboxylic acids is 1. The number of rotatable bonds is 5. The van der Waals surface area contributed by atoms with Crippen molar-refractivity contribution in [1.82, 2.24) is 14.8 Å². The molecule has 1 N–H and O–H groups in total. The molecule has 7 heteroatoms. The van der Waals surface area contributed by atoms with Crippen molar-refractivity contribution in [3.05, 3.63) is 59.2 Å². The fraction of sp³-hybridized carbons (Fsp3) is 0.391. The molecule has 0 bridgehead atoms. The van der Waals surface area contributed by atoms with Gasteiger partial charge < -0.3 is 9.73 Å². The Bertz CT molecular complexity index is 1030. The third-order valence-corrected chi connectivity index (χ3v) is 5.55. The molecular formula is C23H27FN4O2. The average Bonchev–Trinajstić information content (AvgIpc) is 2.96. The predicted molar refractivity (Wildman–Crippen MR) is 115 cm³/mol. The molecule has 0 spiro atoms. The molecule has 0 unspecified atom stereocenters. The van der Waals surface area contributed by atoms with Crippen LogP contribution in [0, 0.1) is 19.7 Å². The van der Waals surface area contributed by atoms with Crippen LogP contribution in [0.25, 0.3) is 11.1 Å². The van der Waals surface area contributed by atoms with Crippen molar-refractivity contribution < 1.29 is 13.6 Å². The maximum Gasteiger partial charge on any atom is 0.238 e. The van der Waals surface area contributed by atoms with Gasteiger partial charge in [0.15, 0.2) is 5.58 Å². The average molecular weight is 410 g/mol. The van der Waals surface area contributed by atoms with Crippen LogP contribution >= 0.6 is 0 Å². The predicted octanol–water partition coefficient (Wildman–Crippen LogP) is 3.73. The molecule has 0 atom stereocenters. The fourth-order valence-electron chi connectivity index (χ4n) is 3.94. The van der Waals surface area contributed by atoms with Gasteiger partial charge in [-0.15, -0.1) is 0 Å². The van der Waals surface area contributed by atoms with Gasteiger partial charge in [0, 0.05) is 24.8 Å². The number of aryl methyl sites for hydroxylation is 2. The second-order valence-corrected chi connectivity index (χ2v) is 7.94. The van der Waals surface area contributed by atoms with Crippen LogP contribution in [0.5, 0.6) is 0 Å². The highest BCUT2D eigenvalue weighted by Crippen LogP contribution is 2.20. The second-order valence-electron chi connectivity index (χ2n) is 7.94. The molecule has 6 nitrogen and oxygen atoms in total. The highest BCUT2D eigenvalue weighted by Gasteiger charge is 2.19. The molecule has 30 heavy (non-hydrogen) atoms. The Balaban J connectivity index is 1.31. The maximum atomic E-state index is 13.4. The van der Waals surface area contributed by atoms with E-state index in [0.717, 1.165) is 49.4 Å². The molecule has 1 amide bonds. The number of nitrogens with one attached hydrogen (secondary N) is 1. The standard InChI is InChI=1S/C23H27FN4O2/c1-16-5-3-6-17(2)23(16)26-21(29)14-27-9-4-10-28(12-11-27)15-22-25-19-8-7-18(24)13-20(19)30-22/h3,5-8,13H,4,9-12,14-15H2,1-2H3,(H,26,29). The Labute approximate surface area is 175 Å². The van der Waals surface area contributed by atoms with Crippen molar-refractivity contribution in [3.63, 3.8) is 0 Å². The zero-order valence-corrected chi connectivity index (χ0v) is 17.4. The van der Waals surface area contributed by atoms with Crippen molar-refractivity contribution in [2.45, 2.75) is 26.8 Å². The van der Waals surface area contributed by atoms with Crippen LogP contribution in [0.2, 0.25) is 0 Å². The summed E-state index contributed by atoms with van der Waals surface area (Å²) in [6, 6.07) is 10.4. The lowest BCUT2D eigenvalue weighted by Crippen LogP contribution is -2.36. The molecular weight excluding hydrogens is 383 g/mol. The summed E-state index contributed by atoms with van der Waals surface area (Å²) in [5.74, 6) is 0.286. The Morgan fingerprint density at radius 3 is 2.63 bits per heavy atom. The lowest BCUT2D eigenvalue weighted by atomic mass is 10.1. The Morgan fingerprint density at radius 1 is 1.10 bits per heavy atom. The fourth-order valence-corrected chi connectivity index (χ4v) is 3.94. The van der Waals surface area contributed by atoms with Crippen LogP contribution in [-0.2, 0) is 11.3 Å². The SMILES string of the molecule is Cc1cccc(C)c1NC(=O)CN1CCCN(Cc2nc3ccc(F)cc3o2)CC1. The van der Waals surface area contributed by atoms with Crippen molar-refractivity contribution in [3.8, 4) is 0 Å². The molecule has 158 valence electrons. The molecule has 1 aliphatic rings. The van der Waals surface area contributed by atoms with Crippen LogP contribution in [0.4, 0.5) is 10.1 Å². The summed E-state index contributed by atoms with van der Waals surface area (Å²) in [5, 5.41) is 3.07. The van der Waals surface area contributed by atoms with Crippen LogP contribution in [0.1, 0.15) is 23.4 Å². The van der Waals surface area contributed by atoms with Gasteiger partial charge in [0.1, 0.15) is 11.3 Å². The topological polar surface area (TPSA) is 61.6 Å². The van der Waals surface area contributed by atoms with Gasteiger partial charge >= 0.3 is 0 Å². The van der Waals surface area contributed by atoms with Gasteiger partial charge in [-0.1, -0.05) is 18.2 Å². The first-order chi connectivity index (χ1) is 14.5. The van der Waals surface area contributed by atoms with E-state index in [1.54, 1.807) is 6.07 Å². The van der Waals surface area contributed by atoms with Crippen LogP contribution < -0.4 is 5.32 Å². The zero-order valence-electron chi connectivity index (χ0n) is 17.4. The molecule has 1 fully saturated rings. The molecule has 0 saturated carbocycles. The lowest BCUT2D eigenvalue weighted by molar-refractivity contribution is -0.117. The highest BCUT2D eigenvalue weighted by atomic mass is 19.1. The van der Waals surface area contributed by atoms with Gasteiger partial charge in [-0.25, -0.2) is 9.37 Å². The quantitative estimate of drug-likeness (QED) is 0.695. The van der Waals surface area contributed by atoms with E-state index in [-0.39, 0.29) is 11.7 Å². The molecule has 1 saturated heterocycles. The number of halogens is 1. The summed E-state index contributed by atoms with van der Waals surface area (Å²) in [7, 11) is 0.